The lowest BCUT2D eigenvalue weighted by molar-refractivity contribution is -0.108. The van der Waals surface area contributed by atoms with Crippen molar-refractivity contribution in [1.29, 1.82) is 0 Å². The molecule has 0 unspecified atom stereocenters. The number of benzene rings is 1. The molecule has 0 aliphatic rings. The number of hydrogen-bond donors (Lipinski definition) is 1. The van der Waals surface area contributed by atoms with E-state index in [1.165, 1.54) is 0 Å². The van der Waals surface area contributed by atoms with Crippen LogP contribution in [0.1, 0.15) is 10.4 Å². The third-order valence-corrected chi connectivity index (χ3v) is 1.51. The monoisotopic (exact) mass is 163 g/mol. The summed E-state index contributed by atoms with van der Waals surface area (Å²) in [5.41, 5.74) is 5.70. The second kappa shape index (κ2) is 3.78. The third kappa shape index (κ3) is 1.77. The van der Waals surface area contributed by atoms with Crippen molar-refractivity contribution in [2.45, 2.75) is 6.04 Å². The third-order valence-electron chi connectivity index (χ3n) is 1.51. The van der Waals surface area contributed by atoms with Crippen LogP contribution in [0.2, 0.25) is 0 Å². The standard InChI is InChI=1S/C9H9NO2/c10-8(6-11)9(12)7-4-2-1-3-5-7/h1-6,8H,10H2/t8-/m1/s1. The van der Waals surface area contributed by atoms with E-state index < -0.39 is 6.04 Å². The summed E-state index contributed by atoms with van der Waals surface area (Å²) >= 11 is 0. The number of rotatable bonds is 3. The van der Waals surface area contributed by atoms with Gasteiger partial charge in [0.15, 0.2) is 5.78 Å². The van der Waals surface area contributed by atoms with Gasteiger partial charge < -0.3 is 10.5 Å². The summed E-state index contributed by atoms with van der Waals surface area (Å²) in [6.45, 7) is 0. The summed E-state index contributed by atoms with van der Waals surface area (Å²) < 4.78 is 0. The lowest BCUT2D eigenvalue weighted by Gasteiger charge is -2.01. The van der Waals surface area contributed by atoms with Crippen LogP contribution in [0.5, 0.6) is 0 Å². The van der Waals surface area contributed by atoms with Gasteiger partial charge in [-0.25, -0.2) is 0 Å². The SMILES string of the molecule is N[C@H](C=O)C(=O)c1ccccc1. The Balaban J connectivity index is 2.85. The second-order valence-electron chi connectivity index (χ2n) is 2.39. The maximum Gasteiger partial charge on any atom is 0.186 e. The van der Waals surface area contributed by atoms with E-state index in [1.807, 2.05) is 0 Å². The molecule has 0 heterocycles. The first-order valence-corrected chi connectivity index (χ1v) is 3.56. The van der Waals surface area contributed by atoms with Crippen molar-refractivity contribution >= 4 is 12.1 Å². The van der Waals surface area contributed by atoms with Crippen molar-refractivity contribution in [3.63, 3.8) is 0 Å². The highest BCUT2D eigenvalue weighted by atomic mass is 16.1. The Bertz CT molecular complexity index is 282. The van der Waals surface area contributed by atoms with Crippen LogP contribution in [0.3, 0.4) is 0 Å². The van der Waals surface area contributed by atoms with Gasteiger partial charge in [0.2, 0.25) is 0 Å². The van der Waals surface area contributed by atoms with Gasteiger partial charge in [0.05, 0.1) is 0 Å². The minimum atomic E-state index is -1.03. The Kier molecular flexibility index (Phi) is 2.71. The van der Waals surface area contributed by atoms with Gasteiger partial charge in [-0.15, -0.1) is 0 Å². The Labute approximate surface area is 70.2 Å². The summed E-state index contributed by atoms with van der Waals surface area (Å²) in [5, 5.41) is 0. The van der Waals surface area contributed by atoms with Crippen LogP contribution in [0, 0.1) is 0 Å². The highest BCUT2D eigenvalue weighted by Gasteiger charge is 2.13. The van der Waals surface area contributed by atoms with Gasteiger partial charge in [0.25, 0.3) is 0 Å². The Hall–Kier alpha value is -1.48. The van der Waals surface area contributed by atoms with Gasteiger partial charge in [0.1, 0.15) is 12.3 Å². The predicted molar refractivity (Wildman–Crippen MR) is 44.8 cm³/mol. The highest BCUT2D eigenvalue weighted by Crippen LogP contribution is 2.00. The van der Waals surface area contributed by atoms with Gasteiger partial charge >= 0.3 is 0 Å². The summed E-state index contributed by atoms with van der Waals surface area (Å²) in [5.74, 6) is -0.342. The first-order chi connectivity index (χ1) is 5.75. The molecule has 1 aromatic rings. The molecule has 0 aliphatic carbocycles. The molecule has 0 fully saturated rings. The lowest BCUT2D eigenvalue weighted by Crippen LogP contribution is -2.31. The zero-order valence-electron chi connectivity index (χ0n) is 6.44. The second-order valence-corrected chi connectivity index (χ2v) is 2.39. The molecule has 12 heavy (non-hydrogen) atoms. The van der Waals surface area contributed by atoms with Gasteiger partial charge in [0, 0.05) is 5.56 Å². The molecule has 0 spiro atoms. The highest BCUT2D eigenvalue weighted by molar-refractivity contribution is 6.08. The number of aldehydes is 1. The van der Waals surface area contributed by atoms with Crippen LogP contribution in [0.25, 0.3) is 0 Å². The van der Waals surface area contributed by atoms with Gasteiger partial charge in [-0.2, -0.15) is 0 Å². The average Bonchev–Trinajstić information content (AvgIpc) is 2.17. The molecule has 3 nitrogen and oxygen atoms in total. The van der Waals surface area contributed by atoms with Crippen LogP contribution in [0.15, 0.2) is 30.3 Å². The Morgan fingerprint density at radius 2 is 1.92 bits per heavy atom. The summed E-state index contributed by atoms with van der Waals surface area (Å²) in [6, 6.07) is 7.48. The molecular formula is C9H9NO2. The topological polar surface area (TPSA) is 60.2 Å². The van der Waals surface area contributed by atoms with E-state index in [9.17, 15) is 9.59 Å². The maximum atomic E-state index is 11.2. The van der Waals surface area contributed by atoms with Crippen LogP contribution < -0.4 is 5.73 Å². The molecule has 0 saturated heterocycles. The van der Waals surface area contributed by atoms with Crippen LogP contribution in [-0.4, -0.2) is 18.1 Å². The molecule has 0 saturated carbocycles. The fourth-order valence-electron chi connectivity index (χ4n) is 0.857. The maximum absolute atomic E-state index is 11.2. The minimum Gasteiger partial charge on any atom is -0.315 e. The van der Waals surface area contributed by atoms with Gasteiger partial charge in [-0.3, -0.25) is 4.79 Å². The Morgan fingerprint density at radius 3 is 2.42 bits per heavy atom. The van der Waals surface area contributed by atoms with E-state index in [2.05, 4.69) is 0 Å². The van der Waals surface area contributed by atoms with Crippen molar-refractivity contribution in [1.82, 2.24) is 0 Å². The molecule has 0 radical (unpaired) electrons. The fraction of sp³-hybridized carbons (Fsp3) is 0.111. The smallest absolute Gasteiger partial charge is 0.186 e. The van der Waals surface area contributed by atoms with Crippen LogP contribution >= 0.6 is 0 Å². The van der Waals surface area contributed by atoms with Crippen molar-refractivity contribution < 1.29 is 9.59 Å². The molecular weight excluding hydrogens is 154 g/mol. The molecule has 1 rings (SSSR count). The zero-order chi connectivity index (χ0) is 8.97. The summed E-state index contributed by atoms with van der Waals surface area (Å²) in [4.78, 5) is 21.4. The summed E-state index contributed by atoms with van der Waals surface area (Å²) in [7, 11) is 0. The van der Waals surface area contributed by atoms with E-state index in [4.69, 9.17) is 5.73 Å². The average molecular weight is 163 g/mol. The molecule has 0 amide bonds. The molecule has 1 atom stereocenters. The lowest BCUT2D eigenvalue weighted by atomic mass is 10.1. The molecule has 1 aromatic carbocycles. The zero-order valence-corrected chi connectivity index (χ0v) is 6.44. The van der Waals surface area contributed by atoms with E-state index >= 15 is 0 Å². The molecule has 2 N–H and O–H groups in total. The van der Waals surface area contributed by atoms with E-state index in [-0.39, 0.29) is 5.78 Å². The number of ketones is 1. The number of carbonyl (C=O) groups is 2. The van der Waals surface area contributed by atoms with E-state index in [0.717, 1.165) is 0 Å². The van der Waals surface area contributed by atoms with Crippen molar-refractivity contribution in [3.8, 4) is 0 Å². The number of hydrogen-bond acceptors (Lipinski definition) is 3. The number of Topliss-reactive ketones (excluding diaryl/α,β-unsaturated/α-hetero) is 1. The summed E-state index contributed by atoms with van der Waals surface area (Å²) in [6.07, 6.45) is 0.440. The van der Waals surface area contributed by atoms with E-state index in [1.54, 1.807) is 30.3 Å². The normalized spacial score (nSPS) is 12.1. The van der Waals surface area contributed by atoms with Gasteiger partial charge in [-0.05, 0) is 0 Å². The van der Waals surface area contributed by atoms with Crippen LogP contribution in [0.4, 0.5) is 0 Å². The molecule has 0 bridgehead atoms. The minimum absolute atomic E-state index is 0.342. The van der Waals surface area contributed by atoms with Gasteiger partial charge in [-0.1, -0.05) is 30.3 Å². The van der Waals surface area contributed by atoms with Crippen molar-refractivity contribution in [2.24, 2.45) is 5.73 Å². The fourth-order valence-corrected chi connectivity index (χ4v) is 0.857. The molecule has 3 heteroatoms. The van der Waals surface area contributed by atoms with Crippen molar-refractivity contribution in [2.75, 3.05) is 0 Å². The largest absolute Gasteiger partial charge is 0.315 e. The molecule has 0 aromatic heterocycles. The van der Waals surface area contributed by atoms with E-state index in [0.29, 0.717) is 11.8 Å². The first-order valence-electron chi connectivity index (χ1n) is 3.56. The number of carbonyl (C=O) groups excluding carboxylic acids is 2. The Morgan fingerprint density at radius 1 is 1.33 bits per heavy atom. The number of nitrogens with two attached hydrogens (primary N) is 1. The predicted octanol–water partition coefficient (Wildman–Crippen LogP) is 0.395. The first kappa shape index (κ1) is 8.62. The quantitative estimate of drug-likeness (QED) is 0.398. The van der Waals surface area contributed by atoms with Crippen LogP contribution in [-0.2, 0) is 4.79 Å². The molecule has 62 valence electrons. The van der Waals surface area contributed by atoms with Crippen molar-refractivity contribution in [3.05, 3.63) is 35.9 Å². The molecule has 0 aliphatic heterocycles.